The number of hydrogen-bond donors (Lipinski definition) is 1. The molecule has 0 radical (unpaired) electrons. The van der Waals surface area contributed by atoms with Crippen LogP contribution in [0, 0.1) is 27.3 Å². The van der Waals surface area contributed by atoms with Crippen LogP contribution in [-0.2, 0) is 0 Å². The van der Waals surface area contributed by atoms with Gasteiger partial charge in [0.25, 0.3) is 0 Å². The van der Waals surface area contributed by atoms with E-state index < -0.39 is 22.0 Å². The third-order valence-electron chi connectivity index (χ3n) is 3.33. The molecule has 1 atom stereocenters. The minimum Gasteiger partial charge on any atom is -0.493 e. The van der Waals surface area contributed by atoms with Crippen molar-refractivity contribution in [1.29, 1.82) is 5.26 Å². The van der Waals surface area contributed by atoms with Gasteiger partial charge in [-0.3, -0.25) is 15.4 Å². The molecule has 1 aliphatic rings. The van der Waals surface area contributed by atoms with Crippen LogP contribution < -0.4 is 10.1 Å². The predicted molar refractivity (Wildman–Crippen MR) is 73.3 cm³/mol. The molecule has 112 valence electrons. The van der Waals surface area contributed by atoms with E-state index in [0.717, 1.165) is 25.0 Å². The van der Waals surface area contributed by atoms with Crippen molar-refractivity contribution < 1.29 is 14.1 Å². The number of nitrogens with one attached hydrogen (secondary N) is 1. The Hall–Kier alpha value is -2.20. The monoisotopic (exact) mass is 293 g/mol. The van der Waals surface area contributed by atoms with Crippen molar-refractivity contribution in [1.82, 2.24) is 5.32 Å². The average Bonchev–Trinajstić information content (AvgIpc) is 3.22. The Morgan fingerprint density at radius 1 is 1.62 bits per heavy atom. The van der Waals surface area contributed by atoms with Crippen molar-refractivity contribution in [3.05, 3.63) is 34.1 Å². The van der Waals surface area contributed by atoms with Gasteiger partial charge in [0, 0.05) is 24.6 Å². The highest BCUT2D eigenvalue weighted by Gasteiger charge is 2.32. The molecule has 1 N–H and O–H groups in total. The SMILES string of the molecule is CC(C#N)(CCOc1ccc([N+](=O)[O-])c(F)c1)NC1CC1. The summed E-state index contributed by atoms with van der Waals surface area (Å²) in [4.78, 5) is 9.72. The maximum absolute atomic E-state index is 13.4. The summed E-state index contributed by atoms with van der Waals surface area (Å²) in [6.07, 6.45) is 2.59. The Kier molecular flexibility index (Phi) is 4.38. The quantitative estimate of drug-likeness (QED) is 0.616. The van der Waals surface area contributed by atoms with Crippen LogP contribution in [0.2, 0.25) is 0 Å². The Morgan fingerprint density at radius 2 is 2.33 bits per heavy atom. The fourth-order valence-corrected chi connectivity index (χ4v) is 1.94. The minimum atomic E-state index is -0.934. The van der Waals surface area contributed by atoms with Gasteiger partial charge in [-0.15, -0.1) is 0 Å². The number of hydrogen-bond acceptors (Lipinski definition) is 5. The summed E-state index contributed by atoms with van der Waals surface area (Å²) in [5, 5.41) is 22.9. The highest BCUT2D eigenvalue weighted by Crippen LogP contribution is 2.25. The van der Waals surface area contributed by atoms with Crippen LogP contribution in [0.4, 0.5) is 10.1 Å². The lowest BCUT2D eigenvalue weighted by molar-refractivity contribution is -0.387. The standard InChI is InChI=1S/C14H16FN3O3/c1-14(9-16,17-10-2-3-10)6-7-21-11-4-5-13(18(19)20)12(15)8-11/h4-5,8,10,17H,2-3,6-7H2,1H3. The number of nitro benzene ring substituents is 1. The largest absolute Gasteiger partial charge is 0.493 e. The summed E-state index contributed by atoms with van der Waals surface area (Å²) < 4.78 is 18.8. The van der Waals surface area contributed by atoms with Gasteiger partial charge in [-0.05, 0) is 25.8 Å². The molecule has 0 saturated heterocycles. The first-order valence-corrected chi connectivity index (χ1v) is 6.69. The zero-order valence-electron chi connectivity index (χ0n) is 11.6. The Bertz CT molecular complexity index is 583. The summed E-state index contributed by atoms with van der Waals surface area (Å²) >= 11 is 0. The first-order chi connectivity index (χ1) is 9.93. The summed E-state index contributed by atoms with van der Waals surface area (Å²) in [6.45, 7) is 2.02. The summed E-state index contributed by atoms with van der Waals surface area (Å²) in [5.41, 5.74) is -1.26. The maximum atomic E-state index is 13.4. The number of benzene rings is 1. The molecular weight excluding hydrogens is 277 g/mol. The van der Waals surface area contributed by atoms with Gasteiger partial charge in [0.15, 0.2) is 0 Å². The Morgan fingerprint density at radius 3 is 2.86 bits per heavy atom. The number of nitrogens with zero attached hydrogens (tertiary/aromatic N) is 2. The molecule has 7 heteroatoms. The van der Waals surface area contributed by atoms with Crippen molar-refractivity contribution >= 4 is 5.69 Å². The number of nitro groups is 1. The fraction of sp³-hybridized carbons (Fsp3) is 0.500. The van der Waals surface area contributed by atoms with E-state index in [-0.39, 0.29) is 12.4 Å². The molecular formula is C14H16FN3O3. The van der Waals surface area contributed by atoms with Crippen LogP contribution in [-0.4, -0.2) is 23.1 Å². The predicted octanol–water partition coefficient (Wildman–Crippen LogP) is 2.54. The van der Waals surface area contributed by atoms with Gasteiger partial charge in [0.1, 0.15) is 11.3 Å². The van der Waals surface area contributed by atoms with E-state index in [1.165, 1.54) is 6.07 Å². The minimum absolute atomic E-state index is 0.213. The third-order valence-corrected chi connectivity index (χ3v) is 3.33. The number of halogens is 1. The Balaban J connectivity index is 1.89. The number of ether oxygens (including phenoxy) is 1. The van der Waals surface area contributed by atoms with Crippen LogP contribution >= 0.6 is 0 Å². The van der Waals surface area contributed by atoms with Crippen molar-refractivity contribution in [3.8, 4) is 11.8 Å². The summed E-state index contributed by atoms with van der Waals surface area (Å²) in [6, 6.07) is 6.01. The molecule has 6 nitrogen and oxygen atoms in total. The molecule has 0 spiro atoms. The second-order valence-electron chi connectivity index (χ2n) is 5.33. The van der Waals surface area contributed by atoms with E-state index in [9.17, 15) is 19.8 Å². The van der Waals surface area contributed by atoms with Crippen LogP contribution in [0.25, 0.3) is 0 Å². The van der Waals surface area contributed by atoms with E-state index in [4.69, 9.17) is 4.74 Å². The third kappa shape index (κ3) is 4.13. The van der Waals surface area contributed by atoms with E-state index in [1.54, 1.807) is 6.92 Å². The topological polar surface area (TPSA) is 88.2 Å². The normalized spacial score (nSPS) is 16.8. The van der Waals surface area contributed by atoms with Gasteiger partial charge in [-0.1, -0.05) is 0 Å². The molecule has 2 rings (SSSR count). The van der Waals surface area contributed by atoms with E-state index in [1.807, 2.05) is 0 Å². The first kappa shape index (κ1) is 15.2. The van der Waals surface area contributed by atoms with Crippen molar-refractivity contribution in [2.24, 2.45) is 0 Å². The van der Waals surface area contributed by atoms with Gasteiger partial charge >= 0.3 is 5.69 Å². The Labute approximate surface area is 121 Å². The molecule has 1 aromatic rings. The fourth-order valence-electron chi connectivity index (χ4n) is 1.94. The molecule has 0 aliphatic heterocycles. The van der Waals surface area contributed by atoms with Gasteiger partial charge in [0.2, 0.25) is 5.82 Å². The molecule has 1 aromatic carbocycles. The van der Waals surface area contributed by atoms with Crippen molar-refractivity contribution in [3.63, 3.8) is 0 Å². The maximum Gasteiger partial charge on any atom is 0.305 e. The van der Waals surface area contributed by atoms with Gasteiger partial charge in [-0.2, -0.15) is 9.65 Å². The van der Waals surface area contributed by atoms with Crippen LogP contribution in [0.15, 0.2) is 18.2 Å². The van der Waals surface area contributed by atoms with Crippen LogP contribution in [0.5, 0.6) is 5.75 Å². The first-order valence-electron chi connectivity index (χ1n) is 6.69. The highest BCUT2D eigenvalue weighted by atomic mass is 19.1. The van der Waals surface area contributed by atoms with Crippen LogP contribution in [0.3, 0.4) is 0 Å². The lowest BCUT2D eigenvalue weighted by atomic mass is 10.0. The molecule has 0 aromatic heterocycles. The molecule has 1 saturated carbocycles. The second-order valence-corrected chi connectivity index (χ2v) is 5.33. The van der Waals surface area contributed by atoms with E-state index >= 15 is 0 Å². The average molecular weight is 293 g/mol. The van der Waals surface area contributed by atoms with Crippen molar-refractivity contribution in [2.75, 3.05) is 6.61 Å². The van der Waals surface area contributed by atoms with Crippen molar-refractivity contribution in [2.45, 2.75) is 37.8 Å². The molecule has 0 amide bonds. The van der Waals surface area contributed by atoms with E-state index in [0.29, 0.717) is 12.5 Å². The molecule has 0 heterocycles. The van der Waals surface area contributed by atoms with E-state index in [2.05, 4.69) is 11.4 Å². The number of nitriles is 1. The van der Waals surface area contributed by atoms with Gasteiger partial charge in [-0.25, -0.2) is 0 Å². The molecule has 1 fully saturated rings. The van der Waals surface area contributed by atoms with Gasteiger partial charge in [0.05, 0.1) is 17.6 Å². The van der Waals surface area contributed by atoms with Gasteiger partial charge < -0.3 is 4.74 Å². The molecule has 0 bridgehead atoms. The lowest BCUT2D eigenvalue weighted by Gasteiger charge is -2.23. The molecule has 21 heavy (non-hydrogen) atoms. The lowest BCUT2D eigenvalue weighted by Crippen LogP contribution is -2.43. The summed E-state index contributed by atoms with van der Waals surface area (Å²) in [7, 11) is 0. The zero-order chi connectivity index (χ0) is 15.5. The highest BCUT2D eigenvalue weighted by molar-refractivity contribution is 5.37. The zero-order valence-corrected chi connectivity index (χ0v) is 11.6. The van der Waals surface area contributed by atoms with Crippen LogP contribution in [0.1, 0.15) is 26.2 Å². The number of rotatable bonds is 7. The smallest absolute Gasteiger partial charge is 0.305 e. The summed E-state index contributed by atoms with van der Waals surface area (Å²) in [5.74, 6) is -0.721. The molecule has 1 unspecified atom stereocenters. The molecule has 1 aliphatic carbocycles. The second kappa shape index (κ2) is 6.06.